The van der Waals surface area contributed by atoms with E-state index in [-0.39, 0.29) is 0 Å². The average molecular weight is 255 g/mol. The van der Waals surface area contributed by atoms with E-state index in [1.165, 1.54) is 12.8 Å². The minimum atomic E-state index is 0.810. The van der Waals surface area contributed by atoms with E-state index in [0.29, 0.717) is 0 Å². The fourth-order valence-corrected chi connectivity index (χ4v) is 1.64. The number of halogens is 1. The van der Waals surface area contributed by atoms with Crippen molar-refractivity contribution in [1.29, 1.82) is 0 Å². The van der Waals surface area contributed by atoms with Gasteiger partial charge in [-0.25, -0.2) is 0 Å². The second-order valence-corrected chi connectivity index (χ2v) is 4.89. The third kappa shape index (κ3) is 6.81. The van der Waals surface area contributed by atoms with Gasteiger partial charge in [-0.3, -0.25) is 0 Å². The third-order valence-electron chi connectivity index (χ3n) is 1.48. The molecular formula is C8H18IN. The Morgan fingerprint density at radius 2 is 1.90 bits per heavy atom. The molecule has 0 rings (SSSR count). The van der Waals surface area contributed by atoms with E-state index >= 15 is 0 Å². The van der Waals surface area contributed by atoms with E-state index in [1.54, 1.807) is 0 Å². The number of hydrogen-bond acceptors (Lipinski definition) is 1. The van der Waals surface area contributed by atoms with Gasteiger partial charge in [0.15, 0.2) is 0 Å². The van der Waals surface area contributed by atoms with E-state index in [1.807, 2.05) is 7.05 Å². The van der Waals surface area contributed by atoms with E-state index in [0.717, 1.165) is 16.4 Å². The molecule has 0 aromatic rings. The molecule has 1 nitrogen and oxygen atoms in total. The summed E-state index contributed by atoms with van der Waals surface area (Å²) < 4.78 is 0.810. The fraction of sp³-hybridized carbons (Fsp3) is 1.00. The Kier molecular flexibility index (Phi) is 6.85. The van der Waals surface area contributed by atoms with Crippen LogP contribution in [-0.2, 0) is 0 Å². The van der Waals surface area contributed by atoms with Crippen LogP contribution in [0.15, 0.2) is 0 Å². The number of nitrogens with one attached hydrogen (secondary N) is 1. The van der Waals surface area contributed by atoms with Crippen LogP contribution in [0.1, 0.15) is 26.7 Å². The molecule has 1 N–H and O–H groups in total. The molecule has 0 saturated carbocycles. The van der Waals surface area contributed by atoms with Gasteiger partial charge in [-0.2, -0.15) is 0 Å². The van der Waals surface area contributed by atoms with Crippen LogP contribution in [0.2, 0.25) is 0 Å². The van der Waals surface area contributed by atoms with Gasteiger partial charge in [0.05, 0.1) is 0 Å². The van der Waals surface area contributed by atoms with Crippen molar-refractivity contribution in [3.63, 3.8) is 0 Å². The van der Waals surface area contributed by atoms with Crippen LogP contribution in [0.4, 0.5) is 0 Å². The lowest BCUT2D eigenvalue weighted by atomic mass is 10.1. The first-order valence-corrected chi connectivity index (χ1v) is 5.20. The van der Waals surface area contributed by atoms with Crippen LogP contribution in [0.25, 0.3) is 0 Å². The Bertz CT molecular complexity index is 73.7. The molecule has 0 bridgehead atoms. The van der Waals surface area contributed by atoms with Gasteiger partial charge in [-0.15, -0.1) is 0 Å². The molecule has 62 valence electrons. The van der Waals surface area contributed by atoms with Gasteiger partial charge in [-0.1, -0.05) is 36.4 Å². The predicted octanol–water partition coefficient (Wildman–Crippen LogP) is 2.45. The Morgan fingerprint density at radius 1 is 1.30 bits per heavy atom. The Balaban J connectivity index is 3.12. The minimum Gasteiger partial charge on any atom is -0.319 e. The molecule has 0 aromatic carbocycles. The highest BCUT2D eigenvalue weighted by Gasteiger charge is 2.02. The monoisotopic (exact) mass is 255 g/mol. The van der Waals surface area contributed by atoms with Crippen molar-refractivity contribution >= 4 is 22.6 Å². The van der Waals surface area contributed by atoms with Crippen molar-refractivity contribution in [2.45, 2.75) is 30.6 Å². The van der Waals surface area contributed by atoms with Crippen LogP contribution in [-0.4, -0.2) is 17.5 Å². The number of rotatable bonds is 5. The molecule has 0 saturated heterocycles. The largest absolute Gasteiger partial charge is 0.319 e. The zero-order chi connectivity index (χ0) is 7.98. The molecule has 0 spiro atoms. The molecular weight excluding hydrogens is 237 g/mol. The zero-order valence-electron chi connectivity index (χ0n) is 7.15. The maximum absolute atomic E-state index is 3.18. The summed E-state index contributed by atoms with van der Waals surface area (Å²) in [4.78, 5) is 0. The smallest absolute Gasteiger partial charge is 0.0234 e. The molecule has 0 amide bonds. The molecule has 1 atom stereocenters. The van der Waals surface area contributed by atoms with Gasteiger partial charge in [0, 0.05) is 10.5 Å². The van der Waals surface area contributed by atoms with Crippen LogP contribution in [0, 0.1) is 5.92 Å². The molecule has 0 aliphatic carbocycles. The molecule has 0 aromatic heterocycles. The molecule has 0 aliphatic rings. The lowest BCUT2D eigenvalue weighted by Gasteiger charge is -2.09. The molecule has 0 aliphatic heterocycles. The maximum atomic E-state index is 3.18. The van der Waals surface area contributed by atoms with Crippen molar-refractivity contribution in [1.82, 2.24) is 5.32 Å². The topological polar surface area (TPSA) is 12.0 Å². The second-order valence-electron chi connectivity index (χ2n) is 3.13. The van der Waals surface area contributed by atoms with Gasteiger partial charge in [-0.05, 0) is 25.8 Å². The minimum absolute atomic E-state index is 0.810. The summed E-state index contributed by atoms with van der Waals surface area (Å²) in [5, 5.41) is 3.18. The van der Waals surface area contributed by atoms with E-state index in [4.69, 9.17) is 0 Å². The molecule has 0 heterocycles. The predicted molar refractivity (Wildman–Crippen MR) is 55.8 cm³/mol. The highest BCUT2D eigenvalue weighted by molar-refractivity contribution is 14.1. The summed E-state index contributed by atoms with van der Waals surface area (Å²) in [7, 11) is 2.01. The van der Waals surface area contributed by atoms with Crippen molar-refractivity contribution < 1.29 is 0 Å². The van der Waals surface area contributed by atoms with Gasteiger partial charge in [0.1, 0.15) is 0 Å². The molecule has 2 heteroatoms. The normalized spacial score (nSPS) is 14.1. The van der Waals surface area contributed by atoms with Crippen molar-refractivity contribution in [2.75, 3.05) is 13.6 Å². The fourth-order valence-electron chi connectivity index (χ4n) is 0.838. The molecule has 10 heavy (non-hydrogen) atoms. The van der Waals surface area contributed by atoms with Crippen LogP contribution in [0.3, 0.4) is 0 Å². The second kappa shape index (κ2) is 6.40. The Hall–Kier alpha value is 0.690. The maximum Gasteiger partial charge on any atom is 0.0234 e. The van der Waals surface area contributed by atoms with Gasteiger partial charge < -0.3 is 5.32 Å². The van der Waals surface area contributed by atoms with E-state index in [2.05, 4.69) is 41.8 Å². The SMILES string of the molecule is CNCC(I)CCC(C)C. The Labute approximate surface area is 78.1 Å². The summed E-state index contributed by atoms with van der Waals surface area (Å²) >= 11 is 2.51. The lowest BCUT2D eigenvalue weighted by molar-refractivity contribution is 0.544. The van der Waals surface area contributed by atoms with E-state index < -0.39 is 0 Å². The first-order valence-electron chi connectivity index (χ1n) is 3.95. The van der Waals surface area contributed by atoms with Crippen molar-refractivity contribution in [2.24, 2.45) is 5.92 Å². The van der Waals surface area contributed by atoms with Gasteiger partial charge in [0.25, 0.3) is 0 Å². The van der Waals surface area contributed by atoms with E-state index in [9.17, 15) is 0 Å². The Morgan fingerprint density at radius 3 is 2.30 bits per heavy atom. The highest BCUT2D eigenvalue weighted by Crippen LogP contribution is 2.12. The van der Waals surface area contributed by atoms with Gasteiger partial charge in [0.2, 0.25) is 0 Å². The van der Waals surface area contributed by atoms with Crippen LogP contribution in [0.5, 0.6) is 0 Å². The zero-order valence-corrected chi connectivity index (χ0v) is 9.31. The lowest BCUT2D eigenvalue weighted by Crippen LogP contribution is -2.18. The average Bonchev–Trinajstić information content (AvgIpc) is 1.85. The van der Waals surface area contributed by atoms with Crippen molar-refractivity contribution in [3.05, 3.63) is 0 Å². The summed E-state index contributed by atoms with van der Waals surface area (Å²) in [6.07, 6.45) is 2.70. The third-order valence-corrected chi connectivity index (χ3v) is 2.55. The summed E-state index contributed by atoms with van der Waals surface area (Å²) in [5.74, 6) is 0.856. The highest BCUT2D eigenvalue weighted by atomic mass is 127. The number of alkyl halides is 1. The molecule has 1 unspecified atom stereocenters. The summed E-state index contributed by atoms with van der Waals surface area (Å²) in [6.45, 7) is 5.71. The van der Waals surface area contributed by atoms with Gasteiger partial charge >= 0.3 is 0 Å². The van der Waals surface area contributed by atoms with Crippen LogP contribution >= 0.6 is 22.6 Å². The summed E-state index contributed by atoms with van der Waals surface area (Å²) in [6, 6.07) is 0. The quantitative estimate of drug-likeness (QED) is 0.587. The first kappa shape index (κ1) is 10.7. The van der Waals surface area contributed by atoms with Crippen LogP contribution < -0.4 is 5.32 Å². The first-order chi connectivity index (χ1) is 4.66. The summed E-state index contributed by atoms with van der Waals surface area (Å²) in [5.41, 5.74) is 0. The standard InChI is InChI=1S/C8H18IN/c1-7(2)4-5-8(9)6-10-3/h7-8,10H,4-6H2,1-3H3. The van der Waals surface area contributed by atoms with Crippen molar-refractivity contribution in [3.8, 4) is 0 Å². The molecule has 0 radical (unpaired) electrons. The number of hydrogen-bond donors (Lipinski definition) is 1. The molecule has 0 fully saturated rings.